The molecule has 1 aliphatic heterocycles. The van der Waals surface area contributed by atoms with E-state index in [2.05, 4.69) is 0 Å². The van der Waals surface area contributed by atoms with Gasteiger partial charge in [0.2, 0.25) is 6.79 Å². The number of carbonyl (C=O) groups is 1. The SMILES string of the molecule is COC(=O)C(Cc1cc(-c2ccc3c(c2)OCO3)n(-c2cc(Cl)ccc2Cl)n1)(OC)c1cccc(Cl)c1. The maximum atomic E-state index is 13.1. The van der Waals surface area contributed by atoms with Gasteiger partial charge in [0.15, 0.2) is 17.1 Å². The van der Waals surface area contributed by atoms with E-state index in [0.717, 1.165) is 5.56 Å². The molecule has 4 aromatic rings. The van der Waals surface area contributed by atoms with Crippen molar-refractivity contribution >= 4 is 40.8 Å². The van der Waals surface area contributed by atoms with Crippen molar-refractivity contribution in [2.24, 2.45) is 0 Å². The lowest BCUT2D eigenvalue weighted by molar-refractivity contribution is -0.167. The Hall–Kier alpha value is -3.23. The number of fused-ring (bicyclic) bond motifs is 1. The molecule has 0 aliphatic carbocycles. The second-order valence-corrected chi connectivity index (χ2v) is 9.59. The maximum Gasteiger partial charge on any atom is 0.343 e. The number of hydrogen-bond acceptors (Lipinski definition) is 6. The summed E-state index contributed by atoms with van der Waals surface area (Å²) in [6.07, 6.45) is 0.0548. The molecule has 7 nitrogen and oxygen atoms in total. The average molecular weight is 560 g/mol. The van der Waals surface area contributed by atoms with Gasteiger partial charge in [-0.15, -0.1) is 0 Å². The second kappa shape index (κ2) is 10.3. The molecule has 5 rings (SSSR count). The first-order valence-corrected chi connectivity index (χ1v) is 12.3. The number of ether oxygens (including phenoxy) is 4. The summed E-state index contributed by atoms with van der Waals surface area (Å²) in [5.41, 5.74) is 1.63. The first-order valence-electron chi connectivity index (χ1n) is 11.2. The molecule has 0 spiro atoms. The number of rotatable bonds is 7. The molecule has 1 aromatic heterocycles. The predicted octanol–water partition coefficient (Wildman–Crippen LogP) is 6.49. The third kappa shape index (κ3) is 4.76. The van der Waals surface area contributed by atoms with Crippen LogP contribution in [-0.2, 0) is 26.3 Å². The lowest BCUT2D eigenvalue weighted by Crippen LogP contribution is -2.41. The molecule has 2 heterocycles. The molecule has 37 heavy (non-hydrogen) atoms. The van der Waals surface area contributed by atoms with E-state index in [1.54, 1.807) is 47.1 Å². The van der Waals surface area contributed by atoms with E-state index >= 15 is 0 Å². The zero-order valence-corrected chi connectivity index (χ0v) is 22.1. The average Bonchev–Trinajstić information content (AvgIpc) is 3.54. The van der Waals surface area contributed by atoms with Crippen LogP contribution in [0.25, 0.3) is 16.9 Å². The Morgan fingerprint density at radius 3 is 2.51 bits per heavy atom. The highest BCUT2D eigenvalue weighted by molar-refractivity contribution is 6.34. The summed E-state index contributed by atoms with van der Waals surface area (Å²) in [5.74, 6) is 0.682. The van der Waals surface area contributed by atoms with Crippen molar-refractivity contribution < 1.29 is 23.7 Å². The maximum absolute atomic E-state index is 13.1. The van der Waals surface area contributed by atoms with Gasteiger partial charge in [0, 0.05) is 29.1 Å². The molecule has 0 amide bonds. The van der Waals surface area contributed by atoms with Gasteiger partial charge in [-0.25, -0.2) is 9.48 Å². The van der Waals surface area contributed by atoms with Gasteiger partial charge in [0.05, 0.1) is 29.2 Å². The summed E-state index contributed by atoms with van der Waals surface area (Å²) >= 11 is 19.1. The van der Waals surface area contributed by atoms with Gasteiger partial charge < -0.3 is 18.9 Å². The van der Waals surface area contributed by atoms with E-state index < -0.39 is 11.6 Å². The molecule has 0 radical (unpaired) electrons. The smallest absolute Gasteiger partial charge is 0.343 e. The normalized spacial score (nSPS) is 13.9. The van der Waals surface area contributed by atoms with Crippen molar-refractivity contribution in [2.75, 3.05) is 21.0 Å². The van der Waals surface area contributed by atoms with Crippen LogP contribution in [0.2, 0.25) is 15.1 Å². The second-order valence-electron chi connectivity index (χ2n) is 8.31. The minimum Gasteiger partial charge on any atom is -0.467 e. The van der Waals surface area contributed by atoms with Crippen molar-refractivity contribution in [1.29, 1.82) is 0 Å². The van der Waals surface area contributed by atoms with Crippen LogP contribution < -0.4 is 9.47 Å². The number of hydrogen-bond donors (Lipinski definition) is 0. The zero-order chi connectivity index (χ0) is 26.2. The molecule has 0 fully saturated rings. The minimum atomic E-state index is -1.50. The number of halogens is 3. The van der Waals surface area contributed by atoms with E-state index in [0.29, 0.717) is 49.2 Å². The van der Waals surface area contributed by atoms with Crippen LogP contribution >= 0.6 is 34.8 Å². The summed E-state index contributed by atoms with van der Waals surface area (Å²) < 4.78 is 23.7. The Bertz CT molecular complexity index is 1490. The van der Waals surface area contributed by atoms with Crippen LogP contribution in [0.5, 0.6) is 11.5 Å². The Morgan fingerprint density at radius 2 is 1.76 bits per heavy atom. The quantitative estimate of drug-likeness (QED) is 0.241. The van der Waals surface area contributed by atoms with Gasteiger partial charge in [-0.2, -0.15) is 5.10 Å². The number of carbonyl (C=O) groups excluding carboxylic acids is 1. The van der Waals surface area contributed by atoms with E-state index in [1.165, 1.54) is 14.2 Å². The Balaban J connectivity index is 1.68. The summed E-state index contributed by atoms with van der Waals surface area (Å²) in [6.45, 7) is 0.151. The molecule has 3 aromatic carbocycles. The van der Waals surface area contributed by atoms with E-state index in [9.17, 15) is 4.79 Å². The number of esters is 1. The minimum absolute atomic E-state index is 0.0548. The van der Waals surface area contributed by atoms with Gasteiger partial charge in [-0.3, -0.25) is 0 Å². The van der Waals surface area contributed by atoms with E-state index in [1.807, 2.05) is 24.3 Å². The van der Waals surface area contributed by atoms with E-state index in [-0.39, 0.29) is 13.2 Å². The Labute approximate surface area is 228 Å². The van der Waals surface area contributed by atoms with Crippen molar-refractivity contribution in [3.05, 3.63) is 93.1 Å². The van der Waals surface area contributed by atoms with Gasteiger partial charge in [-0.1, -0.05) is 46.9 Å². The van der Waals surface area contributed by atoms with Crippen LogP contribution in [0, 0.1) is 0 Å². The third-order valence-electron chi connectivity index (χ3n) is 6.15. The molecule has 190 valence electrons. The topological polar surface area (TPSA) is 71.8 Å². The highest BCUT2D eigenvalue weighted by Crippen LogP contribution is 2.39. The summed E-state index contributed by atoms with van der Waals surface area (Å²) in [5, 5.41) is 6.23. The molecule has 1 unspecified atom stereocenters. The van der Waals surface area contributed by atoms with Gasteiger partial charge in [0.1, 0.15) is 0 Å². The molecular weight excluding hydrogens is 539 g/mol. The van der Waals surface area contributed by atoms with Crippen molar-refractivity contribution in [3.8, 4) is 28.4 Å². The molecule has 1 aliphatic rings. The highest BCUT2D eigenvalue weighted by atomic mass is 35.5. The molecule has 0 N–H and O–H groups in total. The van der Waals surface area contributed by atoms with Crippen molar-refractivity contribution in [1.82, 2.24) is 9.78 Å². The summed E-state index contributed by atoms with van der Waals surface area (Å²) in [4.78, 5) is 13.1. The monoisotopic (exact) mass is 558 g/mol. The lowest BCUT2D eigenvalue weighted by Gasteiger charge is -2.29. The van der Waals surface area contributed by atoms with Gasteiger partial charge >= 0.3 is 5.97 Å². The van der Waals surface area contributed by atoms with Crippen LogP contribution in [0.15, 0.2) is 66.7 Å². The van der Waals surface area contributed by atoms with Crippen molar-refractivity contribution in [3.63, 3.8) is 0 Å². The molecule has 0 saturated carbocycles. The number of methoxy groups -OCH3 is 2. The lowest BCUT2D eigenvalue weighted by atomic mass is 9.88. The fraction of sp³-hybridized carbons (Fsp3) is 0.185. The fourth-order valence-electron chi connectivity index (χ4n) is 4.33. The first kappa shape index (κ1) is 25.4. The number of nitrogens with zero attached hydrogens (tertiary/aromatic N) is 2. The number of benzene rings is 3. The zero-order valence-electron chi connectivity index (χ0n) is 19.8. The fourth-order valence-corrected chi connectivity index (χ4v) is 4.89. The van der Waals surface area contributed by atoms with Crippen LogP contribution in [0.4, 0.5) is 0 Å². The number of aromatic nitrogens is 2. The largest absolute Gasteiger partial charge is 0.467 e. The molecule has 10 heteroatoms. The summed E-state index contributed by atoms with van der Waals surface area (Å²) in [7, 11) is 2.75. The van der Waals surface area contributed by atoms with Crippen LogP contribution in [0.3, 0.4) is 0 Å². The third-order valence-corrected chi connectivity index (χ3v) is 6.94. The Morgan fingerprint density at radius 1 is 0.973 bits per heavy atom. The molecular formula is C27H21Cl3N2O5. The highest BCUT2D eigenvalue weighted by Gasteiger charge is 2.43. The Kier molecular flexibility index (Phi) is 7.05. The predicted molar refractivity (Wildman–Crippen MR) is 141 cm³/mol. The van der Waals surface area contributed by atoms with Gasteiger partial charge in [-0.05, 0) is 60.2 Å². The van der Waals surface area contributed by atoms with Crippen LogP contribution in [0.1, 0.15) is 11.3 Å². The molecule has 0 bridgehead atoms. The first-order chi connectivity index (χ1) is 17.8. The van der Waals surface area contributed by atoms with E-state index in [4.69, 9.17) is 58.8 Å². The standard InChI is InChI=1S/C27H21Cl3N2O5/c1-34-26(33)27(35-2,17-4-3-5-18(28)11-17)14-20-13-22(16-6-9-24-25(10-16)37-15-36-24)32(31-20)23-12-19(29)7-8-21(23)30/h3-13H,14-15H2,1-2H3. The summed E-state index contributed by atoms with van der Waals surface area (Å²) in [6, 6.07) is 19.5. The van der Waals surface area contributed by atoms with Gasteiger partial charge in [0.25, 0.3) is 0 Å². The molecule has 1 atom stereocenters. The van der Waals surface area contributed by atoms with Crippen molar-refractivity contribution in [2.45, 2.75) is 12.0 Å². The molecule has 0 saturated heterocycles. The van der Waals surface area contributed by atoms with Crippen LogP contribution in [-0.4, -0.2) is 36.8 Å².